The van der Waals surface area contributed by atoms with Gasteiger partial charge in [-0.1, -0.05) is 0 Å². The molecule has 2 aliphatic rings. The molecule has 150 valence electrons. The van der Waals surface area contributed by atoms with E-state index in [-0.39, 0.29) is 11.9 Å². The van der Waals surface area contributed by atoms with Gasteiger partial charge in [-0.05, 0) is 59.1 Å². The molecule has 2 fully saturated rings. The van der Waals surface area contributed by atoms with Crippen LogP contribution in [-0.2, 0) is 14.0 Å². The second kappa shape index (κ2) is 7.70. The van der Waals surface area contributed by atoms with Crippen molar-refractivity contribution in [2.24, 2.45) is 0 Å². The Morgan fingerprint density at radius 1 is 1.19 bits per heavy atom. The van der Waals surface area contributed by atoms with Crippen LogP contribution in [0.5, 0.6) is 5.75 Å². The molecule has 7 heteroatoms. The molecule has 1 aromatic rings. The van der Waals surface area contributed by atoms with Crippen LogP contribution >= 0.6 is 0 Å². The Morgan fingerprint density at radius 3 is 2.48 bits per heavy atom. The van der Waals surface area contributed by atoms with E-state index < -0.39 is 18.3 Å². The van der Waals surface area contributed by atoms with Crippen molar-refractivity contribution in [3.8, 4) is 5.75 Å². The zero-order valence-electron chi connectivity index (χ0n) is 17.3. The molecular formula is C20H31BFNO4. The van der Waals surface area contributed by atoms with Crippen molar-refractivity contribution in [2.75, 3.05) is 26.3 Å². The van der Waals surface area contributed by atoms with Crippen LogP contribution in [0.3, 0.4) is 0 Å². The maximum Gasteiger partial charge on any atom is 0.495 e. The van der Waals surface area contributed by atoms with Crippen LogP contribution < -0.4 is 10.2 Å². The Kier molecular flexibility index (Phi) is 5.87. The highest BCUT2D eigenvalue weighted by Gasteiger charge is 2.51. The smallest absolute Gasteiger partial charge is 0.491 e. The van der Waals surface area contributed by atoms with Crippen molar-refractivity contribution in [3.05, 3.63) is 24.0 Å². The molecule has 0 N–H and O–H groups in total. The van der Waals surface area contributed by atoms with E-state index in [4.69, 9.17) is 18.8 Å². The number of hydrogen-bond acceptors (Lipinski definition) is 5. The number of rotatable bonds is 5. The normalized spacial score (nSPS) is 25.2. The summed E-state index contributed by atoms with van der Waals surface area (Å²) >= 11 is 0. The lowest BCUT2D eigenvalue weighted by atomic mass is 9.79. The lowest BCUT2D eigenvalue weighted by Gasteiger charge is -2.35. The SMILES string of the molecule is CC(C)N1CCOC(COc2cc(F)cc(B3OC(C)(C)C(C)(C)O3)c2)C1. The maximum absolute atomic E-state index is 14.2. The lowest BCUT2D eigenvalue weighted by molar-refractivity contribution is -0.0564. The maximum atomic E-state index is 14.2. The van der Waals surface area contributed by atoms with Gasteiger partial charge >= 0.3 is 7.12 Å². The Morgan fingerprint density at radius 2 is 1.85 bits per heavy atom. The minimum Gasteiger partial charge on any atom is -0.491 e. The number of morpholine rings is 1. The van der Waals surface area contributed by atoms with Gasteiger partial charge in [-0.3, -0.25) is 4.90 Å². The minimum atomic E-state index is -0.615. The minimum absolute atomic E-state index is 0.0234. The largest absolute Gasteiger partial charge is 0.495 e. The fourth-order valence-electron chi connectivity index (χ4n) is 3.28. The van der Waals surface area contributed by atoms with Crippen LogP contribution in [0.25, 0.3) is 0 Å². The van der Waals surface area contributed by atoms with Gasteiger partial charge in [-0.2, -0.15) is 0 Å². The summed E-state index contributed by atoms with van der Waals surface area (Å²) < 4.78 is 37.8. The third-order valence-corrected chi connectivity index (χ3v) is 5.76. The molecule has 0 aromatic heterocycles. The summed E-state index contributed by atoms with van der Waals surface area (Å²) in [5, 5.41) is 0. The van der Waals surface area contributed by atoms with Gasteiger partial charge in [-0.15, -0.1) is 0 Å². The first kappa shape index (κ1) is 20.6. The number of benzene rings is 1. The first-order valence-electron chi connectivity index (χ1n) is 9.72. The highest BCUT2D eigenvalue weighted by molar-refractivity contribution is 6.62. The van der Waals surface area contributed by atoms with Crippen LogP contribution in [0.4, 0.5) is 4.39 Å². The summed E-state index contributed by atoms with van der Waals surface area (Å²) in [7, 11) is -0.615. The quantitative estimate of drug-likeness (QED) is 0.736. The zero-order valence-corrected chi connectivity index (χ0v) is 17.3. The fourth-order valence-corrected chi connectivity index (χ4v) is 3.28. The molecule has 1 atom stereocenters. The van der Waals surface area contributed by atoms with Crippen molar-refractivity contribution >= 4 is 12.6 Å². The first-order chi connectivity index (χ1) is 12.6. The third-order valence-electron chi connectivity index (χ3n) is 5.76. The predicted octanol–water partition coefficient (Wildman–Crippen LogP) is 2.61. The van der Waals surface area contributed by atoms with Gasteiger partial charge in [0.05, 0.1) is 17.8 Å². The fraction of sp³-hybridized carbons (Fsp3) is 0.700. The third kappa shape index (κ3) is 4.65. The molecule has 2 heterocycles. The van der Waals surface area contributed by atoms with Crippen molar-refractivity contribution in [1.29, 1.82) is 0 Å². The monoisotopic (exact) mass is 379 g/mol. The molecular weight excluding hydrogens is 348 g/mol. The summed E-state index contributed by atoms with van der Waals surface area (Å²) in [6.45, 7) is 15.1. The molecule has 2 saturated heterocycles. The van der Waals surface area contributed by atoms with Gasteiger partial charge in [0.15, 0.2) is 0 Å². The molecule has 27 heavy (non-hydrogen) atoms. The Labute approximate surface area is 162 Å². The summed E-state index contributed by atoms with van der Waals surface area (Å²) in [5.41, 5.74) is -0.320. The molecule has 0 radical (unpaired) electrons. The van der Waals surface area contributed by atoms with Crippen LogP contribution in [0.2, 0.25) is 0 Å². The number of halogens is 1. The van der Waals surface area contributed by atoms with Crippen molar-refractivity contribution < 1.29 is 23.2 Å². The van der Waals surface area contributed by atoms with E-state index >= 15 is 0 Å². The second-order valence-corrected chi connectivity index (χ2v) is 8.70. The molecule has 0 saturated carbocycles. The molecule has 0 bridgehead atoms. The molecule has 0 spiro atoms. The first-order valence-corrected chi connectivity index (χ1v) is 9.72. The average molecular weight is 379 g/mol. The van der Waals surface area contributed by atoms with Crippen molar-refractivity contribution in [3.63, 3.8) is 0 Å². The van der Waals surface area contributed by atoms with Gasteiger partial charge in [-0.25, -0.2) is 4.39 Å². The topological polar surface area (TPSA) is 40.2 Å². The molecule has 3 rings (SSSR count). The standard InChI is InChI=1S/C20H31BFNO4/c1-14(2)23-7-8-24-18(12-23)13-25-17-10-15(9-16(22)11-17)21-26-19(3,4)20(5,6)27-21/h9-11,14,18H,7-8,12-13H2,1-6H3. The predicted molar refractivity (Wildman–Crippen MR) is 104 cm³/mol. The van der Waals surface area contributed by atoms with E-state index in [1.807, 2.05) is 27.7 Å². The number of hydrogen-bond donors (Lipinski definition) is 0. The lowest BCUT2D eigenvalue weighted by Crippen LogP contribution is -2.47. The molecule has 0 amide bonds. The highest BCUT2D eigenvalue weighted by Crippen LogP contribution is 2.36. The Bertz CT molecular complexity index is 651. The van der Waals surface area contributed by atoms with E-state index in [0.29, 0.717) is 30.5 Å². The van der Waals surface area contributed by atoms with Crippen molar-refractivity contribution in [1.82, 2.24) is 4.90 Å². The highest BCUT2D eigenvalue weighted by atomic mass is 19.1. The molecule has 1 aromatic carbocycles. The molecule has 5 nitrogen and oxygen atoms in total. The zero-order chi connectivity index (χ0) is 19.8. The van der Waals surface area contributed by atoms with Crippen LogP contribution in [-0.4, -0.2) is 61.7 Å². The van der Waals surface area contributed by atoms with E-state index in [0.717, 1.165) is 13.1 Å². The van der Waals surface area contributed by atoms with Gasteiger partial charge in [0, 0.05) is 25.2 Å². The van der Waals surface area contributed by atoms with Gasteiger partial charge in [0.25, 0.3) is 0 Å². The average Bonchev–Trinajstić information content (AvgIpc) is 2.81. The summed E-state index contributed by atoms with van der Waals surface area (Å²) in [6, 6.07) is 5.08. The van der Waals surface area contributed by atoms with Gasteiger partial charge < -0.3 is 18.8 Å². The number of ether oxygens (including phenoxy) is 2. The van der Waals surface area contributed by atoms with E-state index in [2.05, 4.69) is 18.7 Å². The number of nitrogens with zero attached hydrogens (tertiary/aromatic N) is 1. The molecule has 0 aliphatic carbocycles. The van der Waals surface area contributed by atoms with E-state index in [9.17, 15) is 4.39 Å². The van der Waals surface area contributed by atoms with E-state index in [1.165, 1.54) is 12.1 Å². The summed E-state index contributed by atoms with van der Waals surface area (Å²) in [6.07, 6.45) is -0.0234. The van der Waals surface area contributed by atoms with E-state index in [1.54, 1.807) is 6.07 Å². The molecule has 2 aliphatic heterocycles. The van der Waals surface area contributed by atoms with Crippen molar-refractivity contribution in [2.45, 2.75) is 64.9 Å². The Balaban J connectivity index is 1.66. The van der Waals surface area contributed by atoms with Gasteiger partial charge in [0.2, 0.25) is 0 Å². The second-order valence-electron chi connectivity index (χ2n) is 8.70. The van der Waals surface area contributed by atoms with Gasteiger partial charge in [0.1, 0.15) is 24.3 Å². The summed E-state index contributed by atoms with van der Waals surface area (Å²) in [5.74, 6) is 0.0931. The van der Waals surface area contributed by atoms with Crippen LogP contribution in [0.1, 0.15) is 41.5 Å². The summed E-state index contributed by atoms with van der Waals surface area (Å²) in [4.78, 5) is 2.36. The van der Waals surface area contributed by atoms with Crippen LogP contribution in [0, 0.1) is 5.82 Å². The Hall–Kier alpha value is -1.15. The van der Waals surface area contributed by atoms with Crippen LogP contribution in [0.15, 0.2) is 18.2 Å². The molecule has 1 unspecified atom stereocenters.